The molecule has 1 aromatic carbocycles. The van der Waals surface area contributed by atoms with Crippen molar-refractivity contribution < 1.29 is 32.7 Å². The smallest absolute Gasteiger partial charge is 0.410 e. The SMILES string of the molecule is COC(=O)N(CC#CCOc1ccc(S(=O)(=O)N2CCSC(C)(C)C2C(=O)NO)cc1)C(C)(C)C. The third-order valence-electron chi connectivity index (χ3n) is 5.40. The molecule has 1 fully saturated rings. The molecule has 0 spiro atoms. The Balaban J connectivity index is 2.08. The van der Waals surface area contributed by atoms with E-state index in [9.17, 15) is 18.0 Å². The lowest BCUT2D eigenvalue weighted by Gasteiger charge is -2.43. The zero-order chi connectivity index (χ0) is 26.4. The van der Waals surface area contributed by atoms with Crippen molar-refractivity contribution in [2.75, 3.05) is 32.6 Å². The molecule has 0 radical (unpaired) electrons. The molecule has 12 heteroatoms. The van der Waals surface area contributed by atoms with Crippen LogP contribution in [-0.4, -0.2) is 83.7 Å². The highest BCUT2D eigenvalue weighted by Crippen LogP contribution is 2.38. The van der Waals surface area contributed by atoms with Gasteiger partial charge in [0.05, 0.1) is 18.6 Å². The highest BCUT2D eigenvalue weighted by molar-refractivity contribution is 8.00. The average molecular weight is 528 g/mol. The van der Waals surface area contributed by atoms with Gasteiger partial charge >= 0.3 is 6.09 Å². The molecule has 1 aromatic rings. The van der Waals surface area contributed by atoms with Crippen molar-refractivity contribution in [1.82, 2.24) is 14.7 Å². The maximum absolute atomic E-state index is 13.3. The fraction of sp³-hybridized carbons (Fsp3) is 0.565. The monoisotopic (exact) mass is 527 g/mol. The van der Waals surface area contributed by atoms with Gasteiger partial charge in [-0.05, 0) is 58.9 Å². The number of hydrogen-bond donors (Lipinski definition) is 2. The number of thioether (sulfide) groups is 1. The Hall–Kier alpha value is -2.46. The molecule has 1 aliphatic heterocycles. The molecule has 1 heterocycles. The van der Waals surface area contributed by atoms with Crippen LogP contribution in [0.2, 0.25) is 0 Å². The maximum atomic E-state index is 13.3. The van der Waals surface area contributed by atoms with E-state index in [1.807, 2.05) is 20.8 Å². The molecule has 2 N–H and O–H groups in total. The summed E-state index contributed by atoms with van der Waals surface area (Å²) in [5.41, 5.74) is 1.14. The molecule has 1 saturated heterocycles. The minimum atomic E-state index is -4.00. The van der Waals surface area contributed by atoms with Gasteiger partial charge in [0.1, 0.15) is 18.4 Å². The Kier molecular flexibility index (Phi) is 9.47. The van der Waals surface area contributed by atoms with Crippen molar-refractivity contribution in [3.8, 4) is 17.6 Å². The van der Waals surface area contributed by atoms with Crippen LogP contribution < -0.4 is 10.2 Å². The van der Waals surface area contributed by atoms with Crippen LogP contribution in [0.4, 0.5) is 4.79 Å². The third kappa shape index (κ3) is 7.04. The zero-order valence-electron chi connectivity index (χ0n) is 20.8. The van der Waals surface area contributed by atoms with Crippen molar-refractivity contribution in [1.29, 1.82) is 0 Å². The fourth-order valence-electron chi connectivity index (χ4n) is 3.55. The van der Waals surface area contributed by atoms with E-state index in [0.29, 0.717) is 11.5 Å². The number of amides is 2. The van der Waals surface area contributed by atoms with Crippen molar-refractivity contribution in [3.63, 3.8) is 0 Å². The van der Waals surface area contributed by atoms with Gasteiger partial charge in [0.15, 0.2) is 0 Å². The van der Waals surface area contributed by atoms with Gasteiger partial charge in [-0.1, -0.05) is 11.8 Å². The van der Waals surface area contributed by atoms with Gasteiger partial charge in [-0.25, -0.2) is 18.7 Å². The van der Waals surface area contributed by atoms with Crippen LogP contribution in [0.25, 0.3) is 0 Å². The number of nitrogens with zero attached hydrogens (tertiary/aromatic N) is 2. The molecular formula is C23H33N3O7S2. The summed E-state index contributed by atoms with van der Waals surface area (Å²) in [4.78, 5) is 25.7. The molecule has 1 aliphatic rings. The van der Waals surface area contributed by atoms with Crippen LogP contribution in [-0.2, 0) is 19.6 Å². The standard InChI is InChI=1S/C23H33N3O7S2/c1-22(2,3)25(21(28)32-6)13-7-8-15-33-17-9-11-18(12-10-17)35(30,31)26-14-16-34-23(4,5)19(26)20(27)24-29/h9-12,19,29H,13-16H2,1-6H3,(H,24,27). The summed E-state index contributed by atoms with van der Waals surface area (Å²) in [6, 6.07) is 4.75. The number of carbonyl (C=O) groups is 2. The quantitative estimate of drug-likeness (QED) is 0.328. The van der Waals surface area contributed by atoms with E-state index in [-0.39, 0.29) is 24.6 Å². The number of carbonyl (C=O) groups excluding carboxylic acids is 2. The van der Waals surface area contributed by atoms with Gasteiger partial charge in [0.2, 0.25) is 10.0 Å². The first kappa shape index (κ1) is 28.8. The lowest BCUT2D eigenvalue weighted by molar-refractivity contribution is -0.134. The molecule has 0 saturated carbocycles. The van der Waals surface area contributed by atoms with Crippen LogP contribution in [0, 0.1) is 11.8 Å². The number of methoxy groups -OCH3 is 1. The van der Waals surface area contributed by atoms with Gasteiger partial charge in [-0.3, -0.25) is 14.9 Å². The predicted octanol–water partition coefficient (Wildman–Crippen LogP) is 2.33. The van der Waals surface area contributed by atoms with Crippen LogP contribution in [0.15, 0.2) is 29.2 Å². The van der Waals surface area contributed by atoms with Gasteiger partial charge in [0.25, 0.3) is 5.91 Å². The van der Waals surface area contributed by atoms with E-state index < -0.39 is 38.4 Å². The van der Waals surface area contributed by atoms with E-state index in [0.717, 1.165) is 4.31 Å². The van der Waals surface area contributed by atoms with E-state index in [4.69, 9.17) is 14.7 Å². The van der Waals surface area contributed by atoms with Crippen molar-refractivity contribution in [2.24, 2.45) is 0 Å². The topological polar surface area (TPSA) is 125 Å². The number of rotatable bonds is 6. The van der Waals surface area contributed by atoms with Crippen LogP contribution in [0.5, 0.6) is 5.75 Å². The molecule has 10 nitrogen and oxygen atoms in total. The molecule has 194 valence electrons. The third-order valence-corrected chi connectivity index (χ3v) is 8.63. The minimum Gasteiger partial charge on any atom is -0.481 e. The van der Waals surface area contributed by atoms with E-state index in [1.54, 1.807) is 19.3 Å². The largest absolute Gasteiger partial charge is 0.481 e. The van der Waals surface area contributed by atoms with Gasteiger partial charge in [-0.2, -0.15) is 16.1 Å². The molecule has 2 rings (SSSR count). The number of benzene rings is 1. The number of hydrogen-bond acceptors (Lipinski definition) is 8. The zero-order valence-corrected chi connectivity index (χ0v) is 22.5. The molecule has 1 atom stereocenters. The first-order chi connectivity index (χ1) is 16.3. The van der Waals surface area contributed by atoms with Crippen LogP contribution in [0.3, 0.4) is 0 Å². The maximum Gasteiger partial charge on any atom is 0.410 e. The highest BCUT2D eigenvalue weighted by Gasteiger charge is 2.48. The molecule has 0 bridgehead atoms. The average Bonchev–Trinajstić information content (AvgIpc) is 2.79. The summed E-state index contributed by atoms with van der Waals surface area (Å²) >= 11 is 1.47. The van der Waals surface area contributed by atoms with E-state index in [1.165, 1.54) is 48.0 Å². The molecule has 35 heavy (non-hydrogen) atoms. The molecule has 1 unspecified atom stereocenters. The van der Waals surface area contributed by atoms with Gasteiger partial charge in [0, 0.05) is 22.6 Å². The minimum absolute atomic E-state index is 0.00766. The second-order valence-electron chi connectivity index (χ2n) is 9.29. The first-order valence-corrected chi connectivity index (χ1v) is 13.3. The van der Waals surface area contributed by atoms with Crippen molar-refractivity contribution >= 4 is 33.8 Å². The number of nitrogens with one attached hydrogen (secondary N) is 1. The normalized spacial score (nSPS) is 18.1. The number of hydroxylamine groups is 1. The van der Waals surface area contributed by atoms with E-state index in [2.05, 4.69) is 11.8 Å². The number of ether oxygens (including phenoxy) is 2. The van der Waals surface area contributed by atoms with Crippen molar-refractivity contribution in [2.45, 2.75) is 55.8 Å². The van der Waals surface area contributed by atoms with Crippen LogP contribution in [0.1, 0.15) is 34.6 Å². The molecule has 2 amide bonds. The summed E-state index contributed by atoms with van der Waals surface area (Å²) in [5, 5.41) is 9.16. The summed E-state index contributed by atoms with van der Waals surface area (Å²) in [5.74, 6) is 5.86. The molecule has 0 aliphatic carbocycles. The Labute approximate surface area is 211 Å². The lowest BCUT2D eigenvalue weighted by atomic mass is 10.0. The first-order valence-electron chi connectivity index (χ1n) is 10.9. The van der Waals surface area contributed by atoms with Gasteiger partial charge in [-0.15, -0.1) is 0 Å². The second kappa shape index (κ2) is 11.5. The fourth-order valence-corrected chi connectivity index (χ4v) is 6.66. The van der Waals surface area contributed by atoms with Crippen LogP contribution >= 0.6 is 11.8 Å². The Bertz CT molecular complexity index is 1070. The summed E-state index contributed by atoms with van der Waals surface area (Å²) in [7, 11) is -2.69. The Morgan fingerprint density at radius 2 is 1.89 bits per heavy atom. The highest BCUT2D eigenvalue weighted by atomic mass is 32.2. The molecular weight excluding hydrogens is 494 g/mol. The lowest BCUT2D eigenvalue weighted by Crippen LogP contribution is -2.61. The summed E-state index contributed by atoms with van der Waals surface area (Å²) in [6.07, 6.45) is -0.473. The molecule has 0 aromatic heterocycles. The number of sulfonamides is 1. The van der Waals surface area contributed by atoms with E-state index >= 15 is 0 Å². The Morgan fingerprint density at radius 1 is 1.26 bits per heavy atom. The van der Waals surface area contributed by atoms with Gasteiger partial charge < -0.3 is 9.47 Å². The second-order valence-corrected chi connectivity index (χ2v) is 12.9. The van der Waals surface area contributed by atoms with Crippen molar-refractivity contribution in [3.05, 3.63) is 24.3 Å². The summed E-state index contributed by atoms with van der Waals surface area (Å²) < 4.78 is 37.3. The summed E-state index contributed by atoms with van der Waals surface area (Å²) in [6.45, 7) is 9.51. The predicted molar refractivity (Wildman–Crippen MR) is 133 cm³/mol. The Morgan fingerprint density at radius 3 is 2.43 bits per heavy atom.